The number of nitrogens with zero attached hydrogens (tertiary/aromatic N) is 2. The van der Waals surface area contributed by atoms with Gasteiger partial charge in [0.05, 0.1) is 0 Å². The molecule has 1 saturated heterocycles. The van der Waals surface area contributed by atoms with Crippen LogP contribution in [0, 0.1) is 5.92 Å². The summed E-state index contributed by atoms with van der Waals surface area (Å²) in [5, 5.41) is 1.77. The fraction of sp³-hybridized carbons (Fsp3) is 0.688. The molecule has 0 spiro atoms. The van der Waals surface area contributed by atoms with Crippen molar-refractivity contribution in [3.63, 3.8) is 0 Å². The Bertz CT molecular complexity index is 585. The molecule has 1 amide bonds. The predicted octanol–water partition coefficient (Wildman–Crippen LogP) is 2.80. The van der Waals surface area contributed by atoms with Crippen LogP contribution in [0.2, 0.25) is 0 Å². The van der Waals surface area contributed by atoms with Crippen LogP contribution in [0.4, 0.5) is 0 Å². The van der Waals surface area contributed by atoms with Crippen molar-refractivity contribution in [2.75, 3.05) is 26.2 Å². The Morgan fingerprint density at radius 3 is 2.35 bits per heavy atom. The molecule has 2 rings (SSSR count). The number of hydrogen-bond acceptors (Lipinski definition) is 4. The number of carbonyl (C=O) groups is 1. The van der Waals surface area contributed by atoms with E-state index >= 15 is 0 Å². The second kappa shape index (κ2) is 8.26. The van der Waals surface area contributed by atoms with Crippen LogP contribution in [0.25, 0.3) is 0 Å². The van der Waals surface area contributed by atoms with Crippen LogP contribution >= 0.6 is 11.3 Å². The molecule has 0 aromatic carbocycles. The Balaban J connectivity index is 1.96. The van der Waals surface area contributed by atoms with E-state index in [0.717, 1.165) is 25.9 Å². The molecule has 130 valence electrons. The monoisotopic (exact) mass is 358 g/mol. The van der Waals surface area contributed by atoms with E-state index in [1.54, 1.807) is 17.5 Å². The molecule has 7 heteroatoms. The number of amides is 1. The largest absolute Gasteiger partial charge is 0.342 e. The van der Waals surface area contributed by atoms with Crippen LogP contribution in [-0.4, -0.2) is 49.7 Å². The third-order valence-corrected chi connectivity index (χ3v) is 7.46. The molecule has 0 saturated carbocycles. The highest BCUT2D eigenvalue weighted by molar-refractivity contribution is 7.91. The van der Waals surface area contributed by atoms with Gasteiger partial charge >= 0.3 is 0 Å². The number of hydrogen-bond donors (Lipinski definition) is 0. The van der Waals surface area contributed by atoms with Gasteiger partial charge < -0.3 is 4.90 Å². The van der Waals surface area contributed by atoms with Crippen molar-refractivity contribution in [2.24, 2.45) is 5.92 Å². The number of rotatable bonds is 7. The highest BCUT2D eigenvalue weighted by Crippen LogP contribution is 2.27. The standard InChI is InChI=1S/C16H26N2O3S2/c1-3-9-17(10-4-2)16(19)14-7-11-18(12-8-14)23(20,21)15-6-5-13-22-15/h5-6,13-14H,3-4,7-12H2,1-2H3. The van der Waals surface area contributed by atoms with Gasteiger partial charge in [0.15, 0.2) is 0 Å². The minimum absolute atomic E-state index is 0.0390. The zero-order valence-electron chi connectivity index (χ0n) is 13.9. The molecule has 0 bridgehead atoms. The third kappa shape index (κ3) is 4.33. The van der Waals surface area contributed by atoms with Gasteiger partial charge in [-0.15, -0.1) is 11.3 Å². The van der Waals surface area contributed by atoms with Crippen LogP contribution in [0.1, 0.15) is 39.5 Å². The predicted molar refractivity (Wildman–Crippen MR) is 93.0 cm³/mol. The first-order valence-corrected chi connectivity index (χ1v) is 10.6. The molecule has 2 heterocycles. The minimum atomic E-state index is -3.38. The number of sulfonamides is 1. The normalized spacial score (nSPS) is 17.3. The molecular weight excluding hydrogens is 332 g/mol. The van der Waals surface area contributed by atoms with Gasteiger partial charge in [0.1, 0.15) is 4.21 Å². The van der Waals surface area contributed by atoms with Crippen LogP contribution in [0.5, 0.6) is 0 Å². The summed E-state index contributed by atoms with van der Waals surface area (Å²) in [5.41, 5.74) is 0. The molecule has 1 aliphatic heterocycles. The summed E-state index contributed by atoms with van der Waals surface area (Å²) in [7, 11) is -3.38. The Kier molecular flexibility index (Phi) is 6.61. The average Bonchev–Trinajstić information content (AvgIpc) is 3.09. The van der Waals surface area contributed by atoms with E-state index in [1.807, 2.05) is 4.90 Å². The first-order chi connectivity index (χ1) is 11.0. The summed E-state index contributed by atoms with van der Waals surface area (Å²) in [4.78, 5) is 14.6. The van der Waals surface area contributed by atoms with Gasteiger partial charge in [-0.25, -0.2) is 8.42 Å². The molecule has 5 nitrogen and oxygen atoms in total. The smallest absolute Gasteiger partial charge is 0.252 e. The Hall–Kier alpha value is -0.920. The molecule has 0 N–H and O–H groups in total. The van der Waals surface area contributed by atoms with Gasteiger partial charge in [-0.05, 0) is 37.1 Å². The van der Waals surface area contributed by atoms with Gasteiger partial charge in [0.2, 0.25) is 5.91 Å². The molecule has 23 heavy (non-hydrogen) atoms. The topological polar surface area (TPSA) is 57.7 Å². The molecule has 1 aromatic heterocycles. The molecule has 1 fully saturated rings. The number of piperidine rings is 1. The van der Waals surface area contributed by atoms with Crippen molar-refractivity contribution in [3.05, 3.63) is 17.5 Å². The summed E-state index contributed by atoms with van der Waals surface area (Å²) in [6.07, 6.45) is 3.15. The molecule has 1 aliphatic rings. The van der Waals surface area contributed by atoms with Gasteiger partial charge in [-0.1, -0.05) is 19.9 Å². The van der Waals surface area contributed by atoms with Crippen molar-refractivity contribution in [3.8, 4) is 0 Å². The first-order valence-electron chi connectivity index (χ1n) is 8.33. The summed E-state index contributed by atoms with van der Waals surface area (Å²) in [5.74, 6) is 0.157. The van der Waals surface area contributed by atoms with E-state index in [2.05, 4.69) is 13.8 Å². The maximum Gasteiger partial charge on any atom is 0.252 e. The summed E-state index contributed by atoms with van der Waals surface area (Å²) in [6, 6.07) is 3.39. The van der Waals surface area contributed by atoms with Gasteiger partial charge in [-0.2, -0.15) is 4.31 Å². The molecule has 0 atom stereocenters. The van der Waals surface area contributed by atoms with Crippen LogP contribution < -0.4 is 0 Å². The van der Waals surface area contributed by atoms with E-state index in [0.29, 0.717) is 30.1 Å². The third-order valence-electron chi connectivity index (χ3n) is 4.19. The molecule has 0 aliphatic carbocycles. The molecule has 0 unspecified atom stereocenters. The van der Waals surface area contributed by atoms with E-state index in [4.69, 9.17) is 0 Å². The fourth-order valence-electron chi connectivity index (χ4n) is 3.01. The van der Waals surface area contributed by atoms with Gasteiger partial charge in [-0.3, -0.25) is 4.79 Å². The van der Waals surface area contributed by atoms with Crippen molar-refractivity contribution in [1.29, 1.82) is 0 Å². The second-order valence-electron chi connectivity index (χ2n) is 5.94. The highest BCUT2D eigenvalue weighted by Gasteiger charge is 2.33. The number of thiophene rings is 1. The van der Waals surface area contributed by atoms with E-state index in [9.17, 15) is 13.2 Å². The quantitative estimate of drug-likeness (QED) is 0.753. The summed E-state index contributed by atoms with van der Waals surface area (Å²) in [6.45, 7) is 6.60. The number of carbonyl (C=O) groups excluding carboxylic acids is 1. The Labute approximate surface area is 143 Å². The zero-order chi connectivity index (χ0) is 16.9. The van der Waals surface area contributed by atoms with Crippen molar-refractivity contribution >= 4 is 27.3 Å². The lowest BCUT2D eigenvalue weighted by molar-refractivity contribution is -0.136. The molecule has 1 aromatic rings. The Morgan fingerprint density at radius 2 is 1.87 bits per heavy atom. The van der Waals surface area contributed by atoms with Crippen molar-refractivity contribution < 1.29 is 13.2 Å². The van der Waals surface area contributed by atoms with E-state index in [1.165, 1.54) is 15.6 Å². The van der Waals surface area contributed by atoms with Crippen molar-refractivity contribution in [1.82, 2.24) is 9.21 Å². The second-order valence-corrected chi connectivity index (χ2v) is 9.05. The lowest BCUT2D eigenvalue weighted by Crippen LogP contribution is -2.44. The molecule has 0 radical (unpaired) electrons. The minimum Gasteiger partial charge on any atom is -0.342 e. The fourth-order valence-corrected chi connectivity index (χ4v) is 5.63. The maximum atomic E-state index is 12.6. The SMILES string of the molecule is CCCN(CCC)C(=O)C1CCN(S(=O)(=O)c2cccs2)CC1. The van der Waals surface area contributed by atoms with Crippen molar-refractivity contribution in [2.45, 2.75) is 43.7 Å². The summed E-state index contributed by atoms with van der Waals surface area (Å²) >= 11 is 1.24. The molecular formula is C16H26N2O3S2. The lowest BCUT2D eigenvalue weighted by atomic mass is 9.96. The van der Waals surface area contributed by atoms with Gasteiger partial charge in [0.25, 0.3) is 10.0 Å². The Morgan fingerprint density at radius 1 is 1.26 bits per heavy atom. The lowest BCUT2D eigenvalue weighted by Gasteiger charge is -2.33. The van der Waals surface area contributed by atoms with E-state index in [-0.39, 0.29) is 11.8 Å². The van der Waals surface area contributed by atoms with Crippen LogP contribution in [0.3, 0.4) is 0 Å². The van der Waals surface area contributed by atoms with Gasteiger partial charge in [0, 0.05) is 32.1 Å². The average molecular weight is 359 g/mol. The van der Waals surface area contributed by atoms with Crippen LogP contribution in [0.15, 0.2) is 21.7 Å². The maximum absolute atomic E-state index is 12.6. The van der Waals surface area contributed by atoms with Crippen LogP contribution in [-0.2, 0) is 14.8 Å². The van der Waals surface area contributed by atoms with E-state index < -0.39 is 10.0 Å². The first kappa shape index (κ1) is 18.4. The zero-order valence-corrected chi connectivity index (χ0v) is 15.5. The summed E-state index contributed by atoms with van der Waals surface area (Å²) < 4.78 is 26.9. The highest BCUT2D eigenvalue weighted by atomic mass is 32.2.